The van der Waals surface area contributed by atoms with Crippen molar-refractivity contribution in [3.8, 4) is 6.07 Å². The minimum atomic E-state index is -0.399. The number of nitrogens with zero attached hydrogens (tertiary/aromatic N) is 4. The molecule has 18 heavy (non-hydrogen) atoms. The molecule has 1 N–H and O–H groups in total. The van der Waals surface area contributed by atoms with Crippen molar-refractivity contribution in [3.05, 3.63) is 47.3 Å². The van der Waals surface area contributed by atoms with Gasteiger partial charge in [0.1, 0.15) is 18.0 Å². The lowest BCUT2D eigenvalue weighted by Crippen LogP contribution is -2.15. The van der Waals surface area contributed by atoms with Gasteiger partial charge in [0.15, 0.2) is 0 Å². The van der Waals surface area contributed by atoms with E-state index in [-0.39, 0.29) is 0 Å². The summed E-state index contributed by atoms with van der Waals surface area (Å²) >= 11 is 0. The molecule has 1 heterocycles. The van der Waals surface area contributed by atoms with Gasteiger partial charge in [-0.2, -0.15) is 5.26 Å². The highest BCUT2D eigenvalue weighted by atomic mass is 19.1. The van der Waals surface area contributed by atoms with Crippen LogP contribution < -0.4 is 5.32 Å². The van der Waals surface area contributed by atoms with E-state index >= 15 is 0 Å². The minimum Gasteiger partial charge on any atom is -0.320 e. The molecule has 0 fully saturated rings. The quantitative estimate of drug-likeness (QED) is 0.876. The third-order valence-electron chi connectivity index (χ3n) is 2.50. The van der Waals surface area contributed by atoms with Gasteiger partial charge >= 0.3 is 0 Å². The third kappa shape index (κ3) is 2.90. The molecule has 0 aliphatic rings. The average Bonchev–Trinajstić information content (AvgIpc) is 2.74. The maximum Gasteiger partial charge on any atom is 0.146 e. The largest absolute Gasteiger partial charge is 0.320 e. The van der Waals surface area contributed by atoms with Crippen molar-refractivity contribution in [3.63, 3.8) is 0 Å². The van der Waals surface area contributed by atoms with Gasteiger partial charge in [-0.05, 0) is 23.8 Å². The Morgan fingerprint density at radius 2 is 2.22 bits per heavy atom. The van der Waals surface area contributed by atoms with Crippen molar-refractivity contribution >= 4 is 0 Å². The maximum absolute atomic E-state index is 13.2. The number of aromatic nitrogens is 3. The van der Waals surface area contributed by atoms with Crippen molar-refractivity contribution in [2.24, 2.45) is 7.05 Å². The Balaban J connectivity index is 1.97. The third-order valence-corrected chi connectivity index (χ3v) is 2.50. The van der Waals surface area contributed by atoms with Crippen molar-refractivity contribution in [2.45, 2.75) is 13.1 Å². The summed E-state index contributed by atoms with van der Waals surface area (Å²) in [4.78, 5) is 0. The molecule has 0 atom stereocenters. The Kier molecular flexibility index (Phi) is 3.65. The predicted molar refractivity (Wildman–Crippen MR) is 62.7 cm³/mol. The fraction of sp³-hybridized carbons (Fsp3) is 0.250. The maximum atomic E-state index is 13.2. The Labute approximate surface area is 104 Å². The van der Waals surface area contributed by atoms with Gasteiger partial charge in [0.2, 0.25) is 0 Å². The first-order valence-electron chi connectivity index (χ1n) is 5.42. The highest BCUT2D eigenvalue weighted by molar-refractivity contribution is 5.33. The van der Waals surface area contributed by atoms with E-state index in [0.29, 0.717) is 18.7 Å². The Morgan fingerprint density at radius 1 is 1.39 bits per heavy atom. The SMILES string of the molecule is Cn1cnnc1CNCc1cc(F)cc(C#N)c1. The van der Waals surface area contributed by atoms with E-state index in [1.54, 1.807) is 17.0 Å². The highest BCUT2D eigenvalue weighted by Crippen LogP contribution is 2.08. The zero-order valence-corrected chi connectivity index (χ0v) is 9.89. The smallest absolute Gasteiger partial charge is 0.146 e. The summed E-state index contributed by atoms with van der Waals surface area (Å²) in [5.74, 6) is 0.399. The van der Waals surface area contributed by atoms with Crippen LogP contribution in [0.1, 0.15) is 17.0 Å². The molecule has 0 amide bonds. The molecule has 0 aliphatic carbocycles. The molecule has 2 rings (SSSR count). The van der Waals surface area contributed by atoms with E-state index in [4.69, 9.17) is 5.26 Å². The number of nitriles is 1. The van der Waals surface area contributed by atoms with Crippen molar-refractivity contribution < 1.29 is 4.39 Å². The molecule has 2 aromatic rings. The van der Waals surface area contributed by atoms with Crippen LogP contribution in [0.15, 0.2) is 24.5 Å². The molecular formula is C12H12FN5. The van der Waals surface area contributed by atoms with Crippen molar-refractivity contribution in [1.29, 1.82) is 5.26 Å². The van der Waals surface area contributed by atoms with Gasteiger partial charge in [-0.1, -0.05) is 0 Å². The van der Waals surface area contributed by atoms with Gasteiger partial charge in [0, 0.05) is 13.6 Å². The first-order chi connectivity index (χ1) is 8.69. The number of hydrogen-bond acceptors (Lipinski definition) is 4. The number of halogens is 1. The number of rotatable bonds is 4. The van der Waals surface area contributed by atoms with Crippen LogP contribution in [-0.2, 0) is 20.1 Å². The fourth-order valence-corrected chi connectivity index (χ4v) is 1.60. The van der Waals surface area contributed by atoms with Crippen LogP contribution in [-0.4, -0.2) is 14.8 Å². The van der Waals surface area contributed by atoms with Crippen LogP contribution in [0.2, 0.25) is 0 Å². The summed E-state index contributed by atoms with van der Waals surface area (Å²) in [5, 5.41) is 19.5. The molecule has 0 unspecified atom stereocenters. The molecular weight excluding hydrogens is 233 g/mol. The van der Waals surface area contributed by atoms with Crippen LogP contribution >= 0.6 is 0 Å². The minimum absolute atomic E-state index is 0.324. The van der Waals surface area contributed by atoms with Crippen LogP contribution in [0.3, 0.4) is 0 Å². The molecule has 0 bridgehead atoms. The standard InChI is InChI=1S/C12H12FN5/c1-18-8-16-17-12(18)7-15-6-10-2-9(5-14)3-11(13)4-10/h2-4,8,15H,6-7H2,1H3. The van der Waals surface area contributed by atoms with E-state index in [9.17, 15) is 4.39 Å². The van der Waals surface area contributed by atoms with Gasteiger partial charge in [-0.3, -0.25) is 0 Å². The van der Waals surface area contributed by atoms with Crippen LogP contribution in [0.5, 0.6) is 0 Å². The van der Waals surface area contributed by atoms with Crippen LogP contribution in [0, 0.1) is 17.1 Å². The molecule has 6 heteroatoms. The average molecular weight is 245 g/mol. The molecule has 92 valence electrons. The lowest BCUT2D eigenvalue weighted by Gasteiger charge is -2.05. The summed E-state index contributed by atoms with van der Waals surface area (Å²) in [7, 11) is 1.85. The summed E-state index contributed by atoms with van der Waals surface area (Å²) in [6, 6.07) is 6.21. The van der Waals surface area contributed by atoms with E-state index in [1.165, 1.54) is 12.1 Å². The number of benzene rings is 1. The fourth-order valence-electron chi connectivity index (χ4n) is 1.60. The van der Waals surface area contributed by atoms with Gasteiger partial charge in [0.05, 0.1) is 18.2 Å². The van der Waals surface area contributed by atoms with Crippen molar-refractivity contribution in [1.82, 2.24) is 20.1 Å². The van der Waals surface area contributed by atoms with E-state index in [1.807, 2.05) is 13.1 Å². The Bertz CT molecular complexity index is 584. The monoisotopic (exact) mass is 245 g/mol. The zero-order chi connectivity index (χ0) is 13.0. The van der Waals surface area contributed by atoms with Crippen LogP contribution in [0.4, 0.5) is 4.39 Å². The molecule has 0 saturated heterocycles. The van der Waals surface area contributed by atoms with Crippen molar-refractivity contribution in [2.75, 3.05) is 0 Å². The normalized spacial score (nSPS) is 10.3. The van der Waals surface area contributed by atoms with Gasteiger partial charge in [-0.15, -0.1) is 10.2 Å². The van der Waals surface area contributed by atoms with E-state index in [0.717, 1.165) is 11.4 Å². The number of hydrogen-bond donors (Lipinski definition) is 1. The molecule has 0 radical (unpaired) electrons. The zero-order valence-electron chi connectivity index (χ0n) is 9.89. The topological polar surface area (TPSA) is 66.5 Å². The van der Waals surface area contributed by atoms with E-state index < -0.39 is 5.82 Å². The van der Waals surface area contributed by atoms with Crippen LogP contribution in [0.25, 0.3) is 0 Å². The highest BCUT2D eigenvalue weighted by Gasteiger charge is 2.02. The molecule has 0 spiro atoms. The number of aryl methyl sites for hydroxylation is 1. The Morgan fingerprint density at radius 3 is 2.89 bits per heavy atom. The van der Waals surface area contributed by atoms with E-state index in [2.05, 4.69) is 15.5 Å². The first-order valence-corrected chi connectivity index (χ1v) is 5.42. The second kappa shape index (κ2) is 5.38. The molecule has 0 saturated carbocycles. The summed E-state index contributed by atoms with van der Waals surface area (Å²) < 4.78 is 15.0. The second-order valence-electron chi connectivity index (χ2n) is 3.92. The molecule has 1 aromatic heterocycles. The molecule has 1 aromatic carbocycles. The lowest BCUT2D eigenvalue weighted by atomic mass is 10.1. The number of nitrogens with one attached hydrogen (secondary N) is 1. The van der Waals surface area contributed by atoms with Gasteiger partial charge in [-0.25, -0.2) is 4.39 Å². The molecule has 0 aliphatic heterocycles. The first kappa shape index (κ1) is 12.2. The van der Waals surface area contributed by atoms with Gasteiger partial charge < -0.3 is 9.88 Å². The lowest BCUT2D eigenvalue weighted by molar-refractivity contribution is 0.612. The predicted octanol–water partition coefficient (Wildman–Crippen LogP) is 1.12. The summed E-state index contributed by atoms with van der Waals surface area (Å²) in [6.07, 6.45) is 1.62. The summed E-state index contributed by atoms with van der Waals surface area (Å²) in [5.41, 5.74) is 1.05. The molecule has 5 nitrogen and oxygen atoms in total. The summed E-state index contributed by atoms with van der Waals surface area (Å²) in [6.45, 7) is 1.01. The van der Waals surface area contributed by atoms with Gasteiger partial charge in [0.25, 0.3) is 0 Å². The Hall–Kier alpha value is -2.26. The second-order valence-corrected chi connectivity index (χ2v) is 3.92.